The second kappa shape index (κ2) is 6.00. The Labute approximate surface area is 154 Å². The van der Waals surface area contributed by atoms with E-state index >= 15 is 0 Å². The fourth-order valence-corrected chi connectivity index (χ4v) is 6.34. The van der Waals surface area contributed by atoms with Crippen molar-refractivity contribution in [3.63, 3.8) is 0 Å². The maximum atomic E-state index is 13.4. The van der Waals surface area contributed by atoms with Gasteiger partial charge in [0, 0.05) is 13.1 Å². The van der Waals surface area contributed by atoms with Crippen LogP contribution in [0.3, 0.4) is 0 Å². The average molecular weight is 353 g/mol. The lowest BCUT2D eigenvalue weighted by Crippen LogP contribution is -2.52. The second-order valence-corrected chi connectivity index (χ2v) is 8.94. The Balaban J connectivity index is 1.38. The first-order chi connectivity index (χ1) is 12.6. The summed E-state index contributed by atoms with van der Waals surface area (Å²) in [7, 11) is 0. The number of para-hydroxylation sites is 2. The van der Waals surface area contributed by atoms with E-state index in [1.54, 1.807) is 0 Å². The van der Waals surface area contributed by atoms with E-state index in [0.29, 0.717) is 13.1 Å². The molecule has 5 aliphatic rings. The molecule has 1 aromatic carbocycles. The van der Waals surface area contributed by atoms with Crippen molar-refractivity contribution in [2.45, 2.75) is 38.5 Å². The quantitative estimate of drug-likeness (QED) is 0.878. The highest BCUT2D eigenvalue weighted by Crippen LogP contribution is 2.60. The molecular formula is C21H27N3O2. The molecule has 5 nitrogen and oxygen atoms in total. The van der Waals surface area contributed by atoms with Gasteiger partial charge in [0.25, 0.3) is 0 Å². The lowest BCUT2D eigenvalue weighted by atomic mass is 9.49. The van der Waals surface area contributed by atoms with Gasteiger partial charge in [0.05, 0.1) is 23.3 Å². The summed E-state index contributed by atoms with van der Waals surface area (Å²) in [4.78, 5) is 27.2. The van der Waals surface area contributed by atoms with E-state index in [2.05, 4.69) is 15.5 Å². The second-order valence-electron chi connectivity index (χ2n) is 8.94. The van der Waals surface area contributed by atoms with Gasteiger partial charge in [0.15, 0.2) is 0 Å². The molecule has 2 amide bonds. The number of nitrogens with zero attached hydrogens (tertiary/aromatic N) is 1. The van der Waals surface area contributed by atoms with Crippen LogP contribution < -0.4 is 15.5 Å². The number of hydrogen-bond acceptors (Lipinski definition) is 3. The molecule has 1 aromatic rings. The first-order valence-electron chi connectivity index (χ1n) is 10.0. The van der Waals surface area contributed by atoms with Gasteiger partial charge >= 0.3 is 0 Å². The van der Waals surface area contributed by atoms with Crippen molar-refractivity contribution in [3.05, 3.63) is 24.3 Å². The Morgan fingerprint density at radius 3 is 2.38 bits per heavy atom. The third-order valence-electron chi connectivity index (χ3n) is 7.05. The summed E-state index contributed by atoms with van der Waals surface area (Å²) in [5.74, 6) is 2.53. The maximum Gasteiger partial charge on any atom is 0.239 e. The molecule has 6 rings (SSSR count). The molecule has 0 spiro atoms. The maximum absolute atomic E-state index is 13.4. The first kappa shape index (κ1) is 16.2. The molecule has 1 saturated heterocycles. The predicted octanol–water partition coefficient (Wildman–Crippen LogP) is 2.78. The van der Waals surface area contributed by atoms with E-state index in [4.69, 9.17) is 0 Å². The van der Waals surface area contributed by atoms with Gasteiger partial charge in [-0.1, -0.05) is 12.1 Å². The summed E-state index contributed by atoms with van der Waals surface area (Å²) in [6, 6.07) is 7.92. The van der Waals surface area contributed by atoms with Gasteiger partial charge in [0.1, 0.15) is 0 Å². The summed E-state index contributed by atoms with van der Waals surface area (Å²) >= 11 is 0. The van der Waals surface area contributed by atoms with Gasteiger partial charge in [-0.25, -0.2) is 0 Å². The number of benzene rings is 1. The normalized spacial score (nSPS) is 35.3. The van der Waals surface area contributed by atoms with Gasteiger partial charge in [-0.3, -0.25) is 9.59 Å². The van der Waals surface area contributed by atoms with Crippen LogP contribution in [-0.4, -0.2) is 31.4 Å². The predicted molar refractivity (Wildman–Crippen MR) is 101 cm³/mol. The minimum absolute atomic E-state index is 0.0402. The van der Waals surface area contributed by atoms with E-state index in [-0.39, 0.29) is 17.2 Å². The molecular weight excluding hydrogens is 326 g/mol. The van der Waals surface area contributed by atoms with Crippen LogP contribution in [-0.2, 0) is 9.59 Å². The molecule has 4 bridgehead atoms. The Hall–Kier alpha value is -2.04. The van der Waals surface area contributed by atoms with Gasteiger partial charge in [-0.15, -0.1) is 0 Å². The average Bonchev–Trinajstić information content (AvgIpc) is 2.61. The van der Waals surface area contributed by atoms with Gasteiger partial charge in [-0.2, -0.15) is 0 Å². The highest BCUT2D eigenvalue weighted by molar-refractivity contribution is 5.99. The van der Waals surface area contributed by atoms with Crippen LogP contribution in [0.15, 0.2) is 24.3 Å². The topological polar surface area (TPSA) is 61.4 Å². The largest absolute Gasteiger partial charge is 0.359 e. The van der Waals surface area contributed by atoms with Crippen LogP contribution in [0.4, 0.5) is 11.4 Å². The SMILES string of the molecule is O=C1CN(c2ccccc2NC(=O)C23CC4CC(CC(C4)C2)C3)CCN1. The molecule has 0 aromatic heterocycles. The molecule has 2 N–H and O–H groups in total. The number of anilines is 2. The van der Waals surface area contributed by atoms with Crippen LogP contribution in [0.2, 0.25) is 0 Å². The number of carbonyl (C=O) groups excluding carboxylic acids is 2. The van der Waals surface area contributed by atoms with E-state index in [1.807, 2.05) is 24.3 Å². The van der Waals surface area contributed by atoms with Gasteiger partial charge < -0.3 is 15.5 Å². The van der Waals surface area contributed by atoms with Crippen molar-refractivity contribution in [2.75, 3.05) is 29.9 Å². The molecule has 1 aliphatic heterocycles. The third-order valence-corrected chi connectivity index (χ3v) is 7.05. The zero-order valence-corrected chi connectivity index (χ0v) is 15.2. The summed E-state index contributed by atoms with van der Waals surface area (Å²) in [6.07, 6.45) is 7.22. The first-order valence-corrected chi connectivity index (χ1v) is 10.0. The molecule has 26 heavy (non-hydrogen) atoms. The number of hydrogen-bond donors (Lipinski definition) is 2. The number of carbonyl (C=O) groups is 2. The third kappa shape index (κ3) is 2.68. The molecule has 138 valence electrons. The molecule has 1 heterocycles. The number of piperazine rings is 1. The molecule has 4 saturated carbocycles. The van der Waals surface area contributed by atoms with Gasteiger partial charge in [-0.05, 0) is 68.4 Å². The summed E-state index contributed by atoms with van der Waals surface area (Å²) in [5.41, 5.74) is 1.66. The van der Waals surface area contributed by atoms with E-state index < -0.39 is 0 Å². The van der Waals surface area contributed by atoms with Crippen molar-refractivity contribution >= 4 is 23.2 Å². The van der Waals surface area contributed by atoms with E-state index in [1.165, 1.54) is 19.3 Å². The highest BCUT2D eigenvalue weighted by atomic mass is 16.2. The lowest BCUT2D eigenvalue weighted by Gasteiger charge is -2.55. The summed E-state index contributed by atoms with van der Waals surface area (Å²) in [5, 5.41) is 6.13. The molecule has 4 aliphatic carbocycles. The molecule has 0 unspecified atom stereocenters. The van der Waals surface area contributed by atoms with E-state index in [0.717, 1.165) is 54.9 Å². The number of nitrogens with one attached hydrogen (secondary N) is 2. The monoisotopic (exact) mass is 353 g/mol. The Morgan fingerprint density at radius 2 is 1.73 bits per heavy atom. The fourth-order valence-electron chi connectivity index (χ4n) is 6.34. The van der Waals surface area contributed by atoms with Crippen molar-refractivity contribution in [2.24, 2.45) is 23.2 Å². The van der Waals surface area contributed by atoms with Crippen molar-refractivity contribution in [3.8, 4) is 0 Å². The molecule has 0 radical (unpaired) electrons. The van der Waals surface area contributed by atoms with Crippen LogP contribution in [0.5, 0.6) is 0 Å². The van der Waals surface area contributed by atoms with Crippen molar-refractivity contribution < 1.29 is 9.59 Å². The number of rotatable bonds is 3. The summed E-state index contributed by atoms with van der Waals surface area (Å²) in [6.45, 7) is 1.77. The molecule has 5 heteroatoms. The van der Waals surface area contributed by atoms with E-state index in [9.17, 15) is 9.59 Å². The lowest BCUT2D eigenvalue weighted by molar-refractivity contribution is -0.140. The Morgan fingerprint density at radius 1 is 1.08 bits per heavy atom. The van der Waals surface area contributed by atoms with Crippen LogP contribution >= 0.6 is 0 Å². The van der Waals surface area contributed by atoms with Crippen LogP contribution in [0.1, 0.15) is 38.5 Å². The number of amides is 2. The smallest absolute Gasteiger partial charge is 0.239 e. The Kier molecular flexibility index (Phi) is 3.73. The standard InChI is InChI=1S/C21H27N3O2/c25-19-13-24(6-5-22-19)18-4-2-1-3-17(18)23-20(26)21-10-14-7-15(11-21)9-16(8-14)12-21/h1-4,14-16H,5-13H2,(H,22,25)(H,23,26). The Bertz CT molecular complexity index is 709. The zero-order chi connectivity index (χ0) is 17.7. The molecule has 5 fully saturated rings. The fraction of sp³-hybridized carbons (Fsp3) is 0.619. The van der Waals surface area contributed by atoms with Crippen molar-refractivity contribution in [1.82, 2.24) is 5.32 Å². The van der Waals surface area contributed by atoms with Crippen LogP contribution in [0.25, 0.3) is 0 Å². The zero-order valence-electron chi connectivity index (χ0n) is 15.2. The highest BCUT2D eigenvalue weighted by Gasteiger charge is 2.54. The van der Waals surface area contributed by atoms with Gasteiger partial charge in [0.2, 0.25) is 11.8 Å². The van der Waals surface area contributed by atoms with Crippen molar-refractivity contribution in [1.29, 1.82) is 0 Å². The van der Waals surface area contributed by atoms with Crippen LogP contribution in [0, 0.1) is 23.2 Å². The minimum Gasteiger partial charge on any atom is -0.359 e. The summed E-state index contributed by atoms with van der Waals surface area (Å²) < 4.78 is 0. The minimum atomic E-state index is -0.152. The molecule has 0 atom stereocenters.